The number of aromatic amines is 1. The molecule has 0 spiro atoms. The number of hydrogen-bond donors (Lipinski definition) is 2. The van der Waals surface area contributed by atoms with Gasteiger partial charge < -0.3 is 14.6 Å². The minimum Gasteiger partial charge on any atom is -0.477 e. The molecule has 2 rings (SSSR count). The number of aromatic nitrogens is 3. The lowest BCUT2D eigenvalue weighted by molar-refractivity contribution is 0.0694. The van der Waals surface area contributed by atoms with E-state index in [4.69, 9.17) is 4.52 Å². The van der Waals surface area contributed by atoms with Crippen molar-refractivity contribution in [1.82, 2.24) is 15.1 Å². The number of aromatic carboxylic acids is 1. The zero-order valence-corrected chi connectivity index (χ0v) is 9.81. The number of nitrogens with one attached hydrogen (secondary N) is 1. The predicted molar refractivity (Wildman–Crippen MR) is 59.9 cm³/mol. The van der Waals surface area contributed by atoms with E-state index >= 15 is 0 Å². The summed E-state index contributed by atoms with van der Waals surface area (Å²) in [6, 6.07) is 0. The average Bonchev–Trinajstić information content (AvgIpc) is 2.82. The third-order valence-corrected chi connectivity index (χ3v) is 2.38. The maximum atomic E-state index is 11.2. The number of carboxylic acids is 1. The van der Waals surface area contributed by atoms with Crippen molar-refractivity contribution < 1.29 is 14.4 Å². The molecule has 0 aromatic carbocycles. The lowest BCUT2D eigenvalue weighted by atomic mass is 10.0. The van der Waals surface area contributed by atoms with Gasteiger partial charge in [0.05, 0.1) is 0 Å². The van der Waals surface area contributed by atoms with Crippen molar-refractivity contribution >= 4 is 5.97 Å². The van der Waals surface area contributed by atoms with Gasteiger partial charge in [0.2, 0.25) is 0 Å². The number of carbonyl (C=O) groups is 1. The monoisotopic (exact) mass is 235 g/mol. The van der Waals surface area contributed by atoms with Crippen LogP contribution in [0.15, 0.2) is 10.7 Å². The van der Waals surface area contributed by atoms with E-state index in [0.717, 1.165) is 5.69 Å². The van der Waals surface area contributed by atoms with Gasteiger partial charge in [0, 0.05) is 17.8 Å². The van der Waals surface area contributed by atoms with Gasteiger partial charge in [0.1, 0.15) is 5.56 Å². The SMILES string of the molecule is Cc1cnc(-c2noc(C(C)C)c2C(=O)O)[nH]1. The van der Waals surface area contributed by atoms with E-state index in [0.29, 0.717) is 11.6 Å². The second-order valence-corrected chi connectivity index (χ2v) is 4.15. The van der Waals surface area contributed by atoms with Crippen LogP contribution < -0.4 is 0 Å². The van der Waals surface area contributed by atoms with Crippen molar-refractivity contribution in [2.75, 3.05) is 0 Å². The van der Waals surface area contributed by atoms with Gasteiger partial charge in [0.15, 0.2) is 17.3 Å². The molecule has 0 aliphatic heterocycles. The minimum atomic E-state index is -1.06. The Bertz CT molecular complexity index is 554. The Labute approximate surface area is 97.7 Å². The molecule has 0 bridgehead atoms. The standard InChI is InChI=1S/C11H13N3O3/c1-5(2)9-7(11(15)16)8(14-17-9)10-12-4-6(3)13-10/h4-5H,1-3H3,(H,12,13)(H,15,16). The van der Waals surface area contributed by atoms with Crippen LogP contribution in [0.25, 0.3) is 11.5 Å². The van der Waals surface area contributed by atoms with E-state index in [9.17, 15) is 9.90 Å². The topological polar surface area (TPSA) is 92.0 Å². The van der Waals surface area contributed by atoms with Gasteiger partial charge in [-0.25, -0.2) is 9.78 Å². The Morgan fingerprint density at radius 2 is 2.24 bits per heavy atom. The zero-order valence-electron chi connectivity index (χ0n) is 9.81. The van der Waals surface area contributed by atoms with Crippen molar-refractivity contribution in [2.24, 2.45) is 0 Å². The lowest BCUT2D eigenvalue weighted by Crippen LogP contribution is -2.03. The smallest absolute Gasteiger partial charge is 0.341 e. The highest BCUT2D eigenvalue weighted by Crippen LogP contribution is 2.28. The number of hydrogen-bond acceptors (Lipinski definition) is 4. The van der Waals surface area contributed by atoms with Crippen molar-refractivity contribution in [1.29, 1.82) is 0 Å². The lowest BCUT2D eigenvalue weighted by Gasteiger charge is -2.00. The van der Waals surface area contributed by atoms with E-state index in [1.54, 1.807) is 6.20 Å². The summed E-state index contributed by atoms with van der Waals surface area (Å²) in [5, 5.41) is 13.0. The fraction of sp³-hybridized carbons (Fsp3) is 0.364. The molecule has 0 saturated carbocycles. The predicted octanol–water partition coefficient (Wildman–Crippen LogP) is 2.19. The summed E-state index contributed by atoms with van der Waals surface area (Å²) in [7, 11) is 0. The molecule has 0 fully saturated rings. The summed E-state index contributed by atoms with van der Waals surface area (Å²) >= 11 is 0. The molecule has 2 heterocycles. The Morgan fingerprint density at radius 1 is 1.53 bits per heavy atom. The van der Waals surface area contributed by atoms with Crippen LogP contribution in [0.5, 0.6) is 0 Å². The van der Waals surface area contributed by atoms with Crippen LogP contribution in [0.4, 0.5) is 0 Å². The van der Waals surface area contributed by atoms with E-state index in [1.165, 1.54) is 0 Å². The molecule has 0 aliphatic rings. The summed E-state index contributed by atoms with van der Waals surface area (Å²) < 4.78 is 5.09. The maximum absolute atomic E-state index is 11.2. The average molecular weight is 235 g/mol. The Hall–Kier alpha value is -2.11. The Balaban J connectivity index is 2.59. The number of rotatable bonds is 3. The van der Waals surface area contributed by atoms with Crippen molar-refractivity contribution in [3.05, 3.63) is 23.2 Å². The molecule has 0 atom stereocenters. The molecular weight excluding hydrogens is 222 g/mol. The van der Waals surface area contributed by atoms with E-state index in [1.807, 2.05) is 20.8 Å². The number of nitrogens with zero attached hydrogens (tertiary/aromatic N) is 2. The highest BCUT2D eigenvalue weighted by molar-refractivity contribution is 5.95. The minimum absolute atomic E-state index is 0.0431. The molecular formula is C11H13N3O3. The van der Waals surface area contributed by atoms with E-state index < -0.39 is 5.97 Å². The third-order valence-electron chi connectivity index (χ3n) is 2.38. The van der Waals surface area contributed by atoms with Crippen molar-refractivity contribution in [3.8, 4) is 11.5 Å². The summed E-state index contributed by atoms with van der Waals surface area (Å²) in [6.45, 7) is 5.54. The summed E-state index contributed by atoms with van der Waals surface area (Å²) in [4.78, 5) is 18.2. The number of imidazole rings is 1. The molecule has 17 heavy (non-hydrogen) atoms. The number of aryl methyl sites for hydroxylation is 1. The zero-order chi connectivity index (χ0) is 12.6. The normalized spacial score (nSPS) is 11.1. The van der Waals surface area contributed by atoms with Gasteiger partial charge in [-0.3, -0.25) is 0 Å². The van der Waals surface area contributed by atoms with Crippen LogP contribution in [0, 0.1) is 6.92 Å². The molecule has 6 heteroatoms. The number of H-pyrrole nitrogens is 1. The highest BCUT2D eigenvalue weighted by Gasteiger charge is 2.26. The highest BCUT2D eigenvalue weighted by atomic mass is 16.5. The molecule has 0 unspecified atom stereocenters. The molecule has 2 N–H and O–H groups in total. The van der Waals surface area contributed by atoms with Gasteiger partial charge in [-0.15, -0.1) is 0 Å². The summed E-state index contributed by atoms with van der Waals surface area (Å²) in [6.07, 6.45) is 1.62. The fourth-order valence-corrected chi connectivity index (χ4v) is 1.60. The van der Waals surface area contributed by atoms with Gasteiger partial charge in [-0.1, -0.05) is 19.0 Å². The molecule has 2 aromatic heterocycles. The van der Waals surface area contributed by atoms with Gasteiger partial charge in [-0.05, 0) is 6.92 Å². The largest absolute Gasteiger partial charge is 0.477 e. The fourth-order valence-electron chi connectivity index (χ4n) is 1.60. The van der Waals surface area contributed by atoms with Crippen LogP contribution in [0.1, 0.15) is 41.6 Å². The van der Waals surface area contributed by atoms with Crippen molar-refractivity contribution in [3.63, 3.8) is 0 Å². The molecule has 6 nitrogen and oxygen atoms in total. The Kier molecular flexibility index (Phi) is 2.71. The number of carboxylic acid groups (broad SMARTS) is 1. The maximum Gasteiger partial charge on any atom is 0.341 e. The molecule has 0 radical (unpaired) electrons. The first-order valence-electron chi connectivity index (χ1n) is 5.25. The summed E-state index contributed by atoms with van der Waals surface area (Å²) in [5.41, 5.74) is 1.16. The van der Waals surface area contributed by atoms with Crippen LogP contribution in [-0.4, -0.2) is 26.2 Å². The van der Waals surface area contributed by atoms with Crippen LogP contribution in [0.3, 0.4) is 0 Å². The van der Waals surface area contributed by atoms with E-state index in [2.05, 4.69) is 15.1 Å². The third kappa shape index (κ3) is 1.93. The second kappa shape index (κ2) is 4.04. The van der Waals surface area contributed by atoms with Crippen molar-refractivity contribution in [2.45, 2.75) is 26.7 Å². The molecule has 2 aromatic rings. The molecule has 0 amide bonds. The first-order valence-corrected chi connectivity index (χ1v) is 5.25. The van der Waals surface area contributed by atoms with Crippen LogP contribution >= 0.6 is 0 Å². The summed E-state index contributed by atoms with van der Waals surface area (Å²) in [5.74, 6) is -0.325. The van der Waals surface area contributed by atoms with Gasteiger partial charge in [-0.2, -0.15) is 0 Å². The van der Waals surface area contributed by atoms with Crippen LogP contribution in [0.2, 0.25) is 0 Å². The van der Waals surface area contributed by atoms with Gasteiger partial charge >= 0.3 is 5.97 Å². The molecule has 0 aliphatic carbocycles. The second-order valence-electron chi connectivity index (χ2n) is 4.15. The van der Waals surface area contributed by atoms with Crippen LogP contribution in [-0.2, 0) is 0 Å². The first-order chi connectivity index (χ1) is 8.00. The van der Waals surface area contributed by atoms with Gasteiger partial charge in [0.25, 0.3) is 0 Å². The first kappa shape index (κ1) is 11.4. The quantitative estimate of drug-likeness (QED) is 0.850. The Morgan fingerprint density at radius 3 is 2.71 bits per heavy atom. The molecule has 90 valence electrons. The molecule has 0 saturated heterocycles. The van der Waals surface area contributed by atoms with E-state index in [-0.39, 0.29) is 17.2 Å².